The summed E-state index contributed by atoms with van der Waals surface area (Å²) in [5.74, 6) is 0. The van der Waals surface area contributed by atoms with Crippen LogP contribution in [0, 0.1) is 0 Å². The topological polar surface area (TPSA) is 66.6 Å². The lowest BCUT2D eigenvalue weighted by Crippen LogP contribution is -2.51. The Hall–Kier alpha value is -0.170. The number of likely N-dealkylation sites (N-methyl/N-ethyl adjacent to an activating group) is 1. The highest BCUT2D eigenvalue weighted by atomic mass is 32.2. The van der Waals surface area contributed by atoms with Gasteiger partial charge in [-0.2, -0.15) is 4.31 Å². The molecule has 1 rings (SSSR count). The quantitative estimate of drug-likeness (QED) is 0.700. The zero-order chi connectivity index (χ0) is 11.5. The zero-order valence-electron chi connectivity index (χ0n) is 9.52. The number of sulfonamides is 1. The van der Waals surface area contributed by atoms with Crippen molar-refractivity contribution in [1.29, 1.82) is 0 Å². The Labute approximate surface area is 92.3 Å². The summed E-state index contributed by atoms with van der Waals surface area (Å²) in [6, 6.07) is 0. The van der Waals surface area contributed by atoms with Gasteiger partial charge in [0, 0.05) is 32.7 Å². The molecular weight excluding hydrogens is 214 g/mol. The van der Waals surface area contributed by atoms with Gasteiger partial charge in [0.05, 0.1) is 5.25 Å². The Kier molecular flexibility index (Phi) is 4.51. The third kappa shape index (κ3) is 2.90. The number of hydrogen-bond acceptors (Lipinski definition) is 4. The van der Waals surface area contributed by atoms with E-state index in [2.05, 4.69) is 11.8 Å². The second-order valence-electron chi connectivity index (χ2n) is 3.92. The summed E-state index contributed by atoms with van der Waals surface area (Å²) < 4.78 is 25.4. The van der Waals surface area contributed by atoms with Gasteiger partial charge in [-0.25, -0.2) is 8.42 Å². The summed E-state index contributed by atoms with van der Waals surface area (Å²) in [6.45, 7) is 7.78. The van der Waals surface area contributed by atoms with Crippen LogP contribution in [-0.4, -0.2) is 62.1 Å². The van der Waals surface area contributed by atoms with Gasteiger partial charge in [0.15, 0.2) is 0 Å². The van der Waals surface area contributed by atoms with Crippen LogP contribution in [0.15, 0.2) is 0 Å². The molecule has 0 bridgehead atoms. The van der Waals surface area contributed by atoms with E-state index in [-0.39, 0.29) is 6.54 Å². The van der Waals surface area contributed by atoms with E-state index in [9.17, 15) is 8.42 Å². The lowest BCUT2D eigenvalue weighted by atomic mass is 10.4. The van der Waals surface area contributed by atoms with E-state index in [0.717, 1.165) is 19.6 Å². The first-order chi connectivity index (χ1) is 7.02. The number of nitrogens with zero attached hydrogens (tertiary/aromatic N) is 2. The van der Waals surface area contributed by atoms with E-state index in [1.54, 1.807) is 11.2 Å². The third-order valence-electron chi connectivity index (χ3n) is 2.98. The van der Waals surface area contributed by atoms with Crippen LogP contribution in [0.4, 0.5) is 0 Å². The summed E-state index contributed by atoms with van der Waals surface area (Å²) in [5.41, 5.74) is 5.40. The number of hydrogen-bond donors (Lipinski definition) is 1. The average Bonchev–Trinajstić information content (AvgIpc) is 2.28. The van der Waals surface area contributed by atoms with Gasteiger partial charge < -0.3 is 10.6 Å². The van der Waals surface area contributed by atoms with Crippen molar-refractivity contribution in [1.82, 2.24) is 9.21 Å². The fraction of sp³-hybridized carbons (Fsp3) is 1.00. The molecule has 0 amide bonds. The van der Waals surface area contributed by atoms with Crippen molar-refractivity contribution in [2.24, 2.45) is 5.73 Å². The van der Waals surface area contributed by atoms with Gasteiger partial charge in [0.2, 0.25) is 10.0 Å². The fourth-order valence-corrected chi connectivity index (χ4v) is 3.10. The Bertz CT molecular complexity index is 284. The SMILES string of the molecule is CCN1CCN(S(=O)(=O)C(C)CN)CC1. The lowest BCUT2D eigenvalue weighted by Gasteiger charge is -2.34. The smallest absolute Gasteiger partial charge is 0.218 e. The Morgan fingerprint density at radius 3 is 2.20 bits per heavy atom. The van der Waals surface area contributed by atoms with E-state index in [1.807, 2.05) is 0 Å². The summed E-state index contributed by atoms with van der Waals surface area (Å²) in [6.07, 6.45) is 0. The van der Waals surface area contributed by atoms with Crippen LogP contribution in [0.25, 0.3) is 0 Å². The predicted octanol–water partition coefficient (Wildman–Crippen LogP) is -0.699. The van der Waals surface area contributed by atoms with Gasteiger partial charge in [-0.05, 0) is 13.5 Å². The van der Waals surface area contributed by atoms with Crippen LogP contribution < -0.4 is 5.73 Å². The van der Waals surface area contributed by atoms with Crippen LogP contribution in [0.3, 0.4) is 0 Å². The molecule has 1 aliphatic rings. The Morgan fingerprint density at radius 1 is 1.27 bits per heavy atom. The number of rotatable bonds is 4. The maximum absolute atomic E-state index is 11.9. The van der Waals surface area contributed by atoms with Gasteiger partial charge in [0.1, 0.15) is 0 Å². The fourth-order valence-electron chi connectivity index (χ4n) is 1.68. The standard InChI is InChI=1S/C9H21N3O2S/c1-3-11-4-6-12(7-5-11)15(13,14)9(2)8-10/h9H,3-8,10H2,1-2H3. The normalized spacial score (nSPS) is 22.9. The minimum absolute atomic E-state index is 0.191. The molecule has 0 radical (unpaired) electrons. The molecule has 1 unspecified atom stereocenters. The van der Waals surface area contributed by atoms with E-state index >= 15 is 0 Å². The maximum atomic E-state index is 11.9. The van der Waals surface area contributed by atoms with Crippen molar-refractivity contribution < 1.29 is 8.42 Å². The number of piperazine rings is 1. The molecule has 0 aromatic rings. The molecule has 5 nitrogen and oxygen atoms in total. The molecule has 90 valence electrons. The molecule has 0 spiro atoms. The predicted molar refractivity (Wildman–Crippen MR) is 61.1 cm³/mol. The monoisotopic (exact) mass is 235 g/mol. The molecule has 1 heterocycles. The summed E-state index contributed by atoms with van der Waals surface area (Å²) in [5, 5.41) is -0.467. The minimum Gasteiger partial charge on any atom is -0.329 e. The molecule has 1 aliphatic heterocycles. The first kappa shape index (κ1) is 12.9. The number of nitrogens with two attached hydrogens (primary N) is 1. The molecule has 2 N–H and O–H groups in total. The first-order valence-electron chi connectivity index (χ1n) is 5.43. The van der Waals surface area contributed by atoms with Crippen LogP contribution in [0.5, 0.6) is 0 Å². The highest BCUT2D eigenvalue weighted by Crippen LogP contribution is 2.11. The van der Waals surface area contributed by atoms with Gasteiger partial charge in [-0.3, -0.25) is 0 Å². The van der Waals surface area contributed by atoms with Crippen LogP contribution >= 0.6 is 0 Å². The van der Waals surface area contributed by atoms with Crippen LogP contribution in [-0.2, 0) is 10.0 Å². The lowest BCUT2D eigenvalue weighted by molar-refractivity contribution is 0.195. The molecular formula is C9H21N3O2S. The van der Waals surface area contributed by atoms with Crippen molar-refractivity contribution in [3.8, 4) is 0 Å². The molecule has 0 aliphatic carbocycles. The average molecular weight is 235 g/mol. The molecule has 1 saturated heterocycles. The van der Waals surface area contributed by atoms with Gasteiger partial charge in [-0.15, -0.1) is 0 Å². The van der Waals surface area contributed by atoms with E-state index in [0.29, 0.717) is 13.1 Å². The summed E-state index contributed by atoms with van der Waals surface area (Å²) >= 11 is 0. The van der Waals surface area contributed by atoms with Crippen molar-refractivity contribution >= 4 is 10.0 Å². The second kappa shape index (κ2) is 5.25. The van der Waals surface area contributed by atoms with Crippen LogP contribution in [0.1, 0.15) is 13.8 Å². The summed E-state index contributed by atoms with van der Waals surface area (Å²) in [4.78, 5) is 2.25. The third-order valence-corrected chi connectivity index (χ3v) is 5.27. The molecule has 6 heteroatoms. The van der Waals surface area contributed by atoms with Crippen molar-refractivity contribution in [3.05, 3.63) is 0 Å². The largest absolute Gasteiger partial charge is 0.329 e. The first-order valence-corrected chi connectivity index (χ1v) is 6.94. The van der Waals surface area contributed by atoms with Gasteiger partial charge >= 0.3 is 0 Å². The van der Waals surface area contributed by atoms with Crippen molar-refractivity contribution in [3.63, 3.8) is 0 Å². The van der Waals surface area contributed by atoms with Crippen molar-refractivity contribution in [2.45, 2.75) is 19.1 Å². The molecule has 1 fully saturated rings. The Balaban J connectivity index is 2.60. The molecule has 0 aromatic heterocycles. The van der Waals surface area contributed by atoms with Gasteiger partial charge in [-0.1, -0.05) is 6.92 Å². The molecule has 0 saturated carbocycles. The summed E-state index contributed by atoms with van der Waals surface area (Å²) in [7, 11) is -3.16. The highest BCUT2D eigenvalue weighted by Gasteiger charge is 2.30. The Morgan fingerprint density at radius 2 is 1.80 bits per heavy atom. The van der Waals surface area contributed by atoms with E-state index in [1.165, 1.54) is 0 Å². The maximum Gasteiger partial charge on any atom is 0.218 e. The van der Waals surface area contributed by atoms with Crippen molar-refractivity contribution in [2.75, 3.05) is 39.3 Å². The molecule has 1 atom stereocenters. The van der Waals surface area contributed by atoms with E-state index in [4.69, 9.17) is 5.73 Å². The molecule has 0 aromatic carbocycles. The molecule has 15 heavy (non-hydrogen) atoms. The second-order valence-corrected chi connectivity index (χ2v) is 6.28. The van der Waals surface area contributed by atoms with Gasteiger partial charge in [0.25, 0.3) is 0 Å². The zero-order valence-corrected chi connectivity index (χ0v) is 10.3. The van der Waals surface area contributed by atoms with Crippen LogP contribution in [0.2, 0.25) is 0 Å². The highest BCUT2D eigenvalue weighted by molar-refractivity contribution is 7.89. The van der Waals surface area contributed by atoms with E-state index < -0.39 is 15.3 Å². The minimum atomic E-state index is -3.16.